The van der Waals surface area contributed by atoms with Gasteiger partial charge in [0.25, 0.3) is 0 Å². The van der Waals surface area contributed by atoms with Crippen molar-refractivity contribution in [2.45, 2.75) is 69.6 Å². The molecule has 0 N–H and O–H groups in total. The Balaban J connectivity index is 1.07. The summed E-state index contributed by atoms with van der Waals surface area (Å²) in [6, 6.07) is 62.1. The molecule has 8 aromatic rings. The highest BCUT2D eigenvalue weighted by molar-refractivity contribution is 7.26. The predicted octanol–water partition coefficient (Wildman–Crippen LogP) is 16.3. The van der Waals surface area contributed by atoms with Gasteiger partial charge in [-0.3, -0.25) is 0 Å². The SMILES string of the molecule is c1ccc(-c2ccc(N(c3ccc(-c4cccc5c4sc4ccccc45)cc3)c3ccc4c(c3)C(C3CCCCC3)(C3CCCCC3)c3ccccc3-4)cc2)cc1. The van der Waals surface area contributed by atoms with Gasteiger partial charge in [-0.2, -0.15) is 0 Å². The van der Waals surface area contributed by atoms with Crippen LogP contribution in [0.4, 0.5) is 17.1 Å². The van der Waals surface area contributed by atoms with E-state index in [9.17, 15) is 0 Å². The van der Waals surface area contributed by atoms with Gasteiger partial charge in [-0.15, -0.1) is 11.3 Å². The monoisotopic (exact) mass is 755 g/mol. The lowest BCUT2D eigenvalue weighted by atomic mass is 9.55. The van der Waals surface area contributed by atoms with Crippen molar-refractivity contribution < 1.29 is 0 Å². The molecule has 7 aromatic carbocycles. The van der Waals surface area contributed by atoms with E-state index >= 15 is 0 Å². The first kappa shape index (κ1) is 34.8. The van der Waals surface area contributed by atoms with Crippen molar-refractivity contribution in [3.63, 3.8) is 0 Å². The molecule has 3 aliphatic carbocycles. The van der Waals surface area contributed by atoms with Crippen LogP contribution in [0.25, 0.3) is 53.6 Å². The van der Waals surface area contributed by atoms with Crippen molar-refractivity contribution in [3.8, 4) is 33.4 Å². The van der Waals surface area contributed by atoms with E-state index in [1.807, 2.05) is 11.3 Å². The van der Waals surface area contributed by atoms with Gasteiger partial charge in [0, 0.05) is 42.6 Å². The van der Waals surface area contributed by atoms with E-state index < -0.39 is 0 Å². The van der Waals surface area contributed by atoms with Gasteiger partial charge in [0.2, 0.25) is 0 Å². The highest BCUT2D eigenvalue weighted by Crippen LogP contribution is 2.62. The summed E-state index contributed by atoms with van der Waals surface area (Å²) < 4.78 is 2.71. The highest BCUT2D eigenvalue weighted by atomic mass is 32.1. The number of anilines is 3. The van der Waals surface area contributed by atoms with Crippen LogP contribution in [0.15, 0.2) is 164 Å². The molecular formula is C55H49NS. The maximum Gasteiger partial charge on any atom is 0.0465 e. The summed E-state index contributed by atoms with van der Waals surface area (Å²) in [6.45, 7) is 0. The third-order valence-electron chi connectivity index (χ3n) is 13.9. The van der Waals surface area contributed by atoms with E-state index in [-0.39, 0.29) is 5.41 Å². The number of rotatable bonds is 7. The average Bonchev–Trinajstić information content (AvgIpc) is 3.82. The first-order valence-corrected chi connectivity index (χ1v) is 22.3. The van der Waals surface area contributed by atoms with Gasteiger partial charge in [0.1, 0.15) is 0 Å². The first-order valence-electron chi connectivity index (χ1n) is 21.5. The van der Waals surface area contributed by atoms with E-state index in [1.165, 1.54) is 135 Å². The summed E-state index contributed by atoms with van der Waals surface area (Å²) in [5, 5.41) is 2.69. The highest BCUT2D eigenvalue weighted by Gasteiger charge is 2.53. The molecule has 0 radical (unpaired) electrons. The quantitative estimate of drug-likeness (QED) is 0.157. The first-order chi connectivity index (χ1) is 28.3. The zero-order valence-electron chi connectivity index (χ0n) is 32.7. The molecule has 0 amide bonds. The Morgan fingerprint density at radius 2 is 0.947 bits per heavy atom. The second-order valence-corrected chi connectivity index (χ2v) is 17.9. The Labute approximate surface area is 341 Å². The number of nitrogens with zero attached hydrogens (tertiary/aromatic N) is 1. The Kier molecular flexibility index (Phi) is 8.84. The third kappa shape index (κ3) is 5.78. The summed E-state index contributed by atoms with van der Waals surface area (Å²) in [6.07, 6.45) is 13.6. The van der Waals surface area contributed by atoms with Crippen molar-refractivity contribution in [2.75, 3.05) is 4.90 Å². The Morgan fingerprint density at radius 3 is 1.67 bits per heavy atom. The molecular weight excluding hydrogens is 707 g/mol. The predicted molar refractivity (Wildman–Crippen MR) is 244 cm³/mol. The molecule has 1 heterocycles. The number of fused-ring (bicyclic) bond motifs is 6. The number of hydrogen-bond acceptors (Lipinski definition) is 2. The van der Waals surface area contributed by atoms with Gasteiger partial charge in [-0.25, -0.2) is 0 Å². The molecule has 2 saturated carbocycles. The second-order valence-electron chi connectivity index (χ2n) is 16.9. The largest absolute Gasteiger partial charge is 0.310 e. The Morgan fingerprint density at radius 1 is 0.404 bits per heavy atom. The number of benzene rings is 7. The molecule has 0 unspecified atom stereocenters. The van der Waals surface area contributed by atoms with Crippen molar-refractivity contribution in [1.29, 1.82) is 0 Å². The van der Waals surface area contributed by atoms with Crippen molar-refractivity contribution >= 4 is 48.6 Å². The van der Waals surface area contributed by atoms with Gasteiger partial charge in [0.05, 0.1) is 0 Å². The van der Waals surface area contributed by atoms with Crippen LogP contribution in [-0.2, 0) is 5.41 Å². The lowest BCUT2D eigenvalue weighted by Crippen LogP contribution is -2.44. The Hall–Kier alpha value is -5.44. The maximum absolute atomic E-state index is 2.65. The molecule has 1 aromatic heterocycles. The third-order valence-corrected chi connectivity index (χ3v) is 15.2. The lowest BCUT2D eigenvalue weighted by Gasteiger charge is -2.49. The fourth-order valence-corrected chi connectivity index (χ4v) is 12.7. The minimum Gasteiger partial charge on any atom is -0.310 e. The zero-order chi connectivity index (χ0) is 37.8. The van der Waals surface area contributed by atoms with Crippen LogP contribution in [0.2, 0.25) is 0 Å². The summed E-state index contributed by atoms with van der Waals surface area (Å²) in [4.78, 5) is 2.52. The molecule has 0 aliphatic heterocycles. The standard InChI is InChI=1S/C55H49NS/c1-4-15-38(16-5-1)39-27-31-43(32-28-39)56(44-33-29-40(30-34-44)46-23-14-24-50-49-22-11-13-26-53(49)57-54(46)50)45-35-36-48-47-21-10-12-25-51(47)55(52(48)37-45,41-17-6-2-7-18-41)42-19-8-3-9-20-42/h1,4-5,10-16,21-37,41-42H,2-3,6-9,17-20H2. The second kappa shape index (κ2) is 14.5. The van der Waals surface area contributed by atoms with Crippen LogP contribution >= 0.6 is 11.3 Å². The number of hydrogen-bond donors (Lipinski definition) is 0. The van der Waals surface area contributed by atoms with Crippen molar-refractivity contribution in [1.82, 2.24) is 0 Å². The number of thiophene rings is 1. The summed E-state index contributed by atoms with van der Waals surface area (Å²) >= 11 is 1.91. The van der Waals surface area contributed by atoms with E-state index in [2.05, 4.69) is 169 Å². The van der Waals surface area contributed by atoms with Crippen LogP contribution in [-0.4, -0.2) is 0 Å². The van der Waals surface area contributed by atoms with Crippen LogP contribution in [0.5, 0.6) is 0 Å². The van der Waals surface area contributed by atoms with Crippen LogP contribution in [0.1, 0.15) is 75.3 Å². The molecule has 0 atom stereocenters. The normalized spacial score (nSPS) is 16.8. The summed E-state index contributed by atoms with van der Waals surface area (Å²) in [5.41, 5.74) is 14.9. The lowest BCUT2D eigenvalue weighted by molar-refractivity contribution is 0.137. The molecule has 0 saturated heterocycles. The average molecular weight is 756 g/mol. The van der Waals surface area contributed by atoms with Crippen LogP contribution in [0, 0.1) is 11.8 Å². The van der Waals surface area contributed by atoms with Crippen LogP contribution < -0.4 is 4.90 Å². The molecule has 0 bridgehead atoms. The zero-order valence-corrected chi connectivity index (χ0v) is 33.5. The van der Waals surface area contributed by atoms with Crippen molar-refractivity contribution in [2.24, 2.45) is 11.8 Å². The maximum atomic E-state index is 2.65. The van der Waals surface area contributed by atoms with E-state index in [0.717, 1.165) is 0 Å². The topological polar surface area (TPSA) is 3.24 Å². The van der Waals surface area contributed by atoms with E-state index in [1.54, 1.807) is 11.1 Å². The fraction of sp³-hybridized carbons (Fsp3) is 0.236. The summed E-state index contributed by atoms with van der Waals surface area (Å²) in [5.74, 6) is 1.36. The molecule has 280 valence electrons. The smallest absolute Gasteiger partial charge is 0.0465 e. The summed E-state index contributed by atoms with van der Waals surface area (Å²) in [7, 11) is 0. The molecule has 1 nitrogen and oxygen atoms in total. The minimum atomic E-state index is 0.0679. The molecule has 0 spiro atoms. The molecule has 57 heavy (non-hydrogen) atoms. The molecule has 2 fully saturated rings. The van der Waals surface area contributed by atoms with Gasteiger partial charge in [-0.1, -0.05) is 160 Å². The van der Waals surface area contributed by atoms with Crippen molar-refractivity contribution in [3.05, 3.63) is 175 Å². The minimum absolute atomic E-state index is 0.0679. The van der Waals surface area contributed by atoms with E-state index in [0.29, 0.717) is 11.8 Å². The van der Waals surface area contributed by atoms with Gasteiger partial charge < -0.3 is 4.90 Å². The van der Waals surface area contributed by atoms with Gasteiger partial charge in [-0.05, 0) is 124 Å². The van der Waals surface area contributed by atoms with Crippen LogP contribution in [0.3, 0.4) is 0 Å². The molecule has 3 aliphatic rings. The fourth-order valence-electron chi connectivity index (χ4n) is 11.4. The molecule has 2 heteroatoms. The Bertz CT molecular complexity index is 2670. The van der Waals surface area contributed by atoms with E-state index in [4.69, 9.17) is 0 Å². The molecule has 11 rings (SSSR count). The van der Waals surface area contributed by atoms with Gasteiger partial charge in [0.15, 0.2) is 0 Å². The van der Waals surface area contributed by atoms with Gasteiger partial charge >= 0.3 is 0 Å².